The largest absolute Gasteiger partial charge is 0.496 e. The zero-order valence-corrected chi connectivity index (χ0v) is 17.1. The van der Waals surface area contributed by atoms with Crippen LogP contribution in [0.4, 0.5) is 0 Å². The Balaban J connectivity index is 1.70. The minimum Gasteiger partial charge on any atom is -0.496 e. The van der Waals surface area contributed by atoms with Crippen LogP contribution in [0.2, 0.25) is 0 Å². The second-order valence-electron chi connectivity index (χ2n) is 6.75. The number of hydrogen-bond acceptors (Lipinski definition) is 4. The van der Waals surface area contributed by atoms with Crippen molar-refractivity contribution >= 4 is 5.96 Å². The van der Waals surface area contributed by atoms with E-state index in [4.69, 9.17) is 14.2 Å². The highest BCUT2D eigenvalue weighted by atomic mass is 16.5. The number of benzene rings is 2. The maximum atomic E-state index is 5.54. The van der Waals surface area contributed by atoms with Gasteiger partial charge in [-0.1, -0.05) is 30.3 Å². The molecule has 2 aromatic rings. The Morgan fingerprint density at radius 1 is 1.07 bits per heavy atom. The molecule has 6 heteroatoms. The van der Waals surface area contributed by atoms with E-state index in [1.54, 1.807) is 21.3 Å². The summed E-state index contributed by atoms with van der Waals surface area (Å²) in [5.41, 5.74) is 2.32. The first-order chi connectivity index (χ1) is 13.7. The summed E-state index contributed by atoms with van der Waals surface area (Å²) in [6.07, 6.45) is 1.12. The SMILES string of the molecule is CN=C(NCc1c(OC)cc(OC)cc1OC)N1CCC(c2ccccc2)C1. The lowest BCUT2D eigenvalue weighted by atomic mass is 9.99. The number of hydrogen-bond donors (Lipinski definition) is 1. The predicted molar refractivity (Wildman–Crippen MR) is 112 cm³/mol. The normalized spacial score (nSPS) is 16.8. The molecule has 3 rings (SSSR count). The van der Waals surface area contributed by atoms with Crippen LogP contribution >= 0.6 is 0 Å². The third kappa shape index (κ3) is 4.32. The summed E-state index contributed by atoms with van der Waals surface area (Å²) >= 11 is 0. The van der Waals surface area contributed by atoms with Gasteiger partial charge < -0.3 is 24.4 Å². The number of rotatable bonds is 6. The summed E-state index contributed by atoms with van der Waals surface area (Å²) in [5.74, 6) is 3.57. The molecule has 28 heavy (non-hydrogen) atoms. The quantitative estimate of drug-likeness (QED) is 0.613. The summed E-state index contributed by atoms with van der Waals surface area (Å²) in [7, 11) is 6.75. The van der Waals surface area contributed by atoms with Gasteiger partial charge in [-0.25, -0.2) is 0 Å². The first-order valence-electron chi connectivity index (χ1n) is 9.49. The molecular weight excluding hydrogens is 354 g/mol. The third-order valence-electron chi connectivity index (χ3n) is 5.21. The third-order valence-corrected chi connectivity index (χ3v) is 5.21. The van der Waals surface area contributed by atoms with Crippen LogP contribution in [0.25, 0.3) is 0 Å². The Kier molecular flexibility index (Phi) is 6.63. The molecule has 0 saturated carbocycles. The van der Waals surface area contributed by atoms with E-state index < -0.39 is 0 Å². The molecule has 0 aromatic heterocycles. The van der Waals surface area contributed by atoms with E-state index in [2.05, 4.69) is 45.5 Å². The summed E-state index contributed by atoms with van der Waals surface area (Å²) in [5, 5.41) is 3.46. The summed E-state index contributed by atoms with van der Waals surface area (Å²) in [6.45, 7) is 2.49. The smallest absolute Gasteiger partial charge is 0.193 e. The zero-order chi connectivity index (χ0) is 19.9. The maximum Gasteiger partial charge on any atom is 0.193 e. The predicted octanol–water partition coefficient (Wildman–Crippen LogP) is 3.28. The summed E-state index contributed by atoms with van der Waals surface area (Å²) < 4.78 is 16.4. The fourth-order valence-electron chi connectivity index (χ4n) is 3.70. The fourth-order valence-corrected chi connectivity index (χ4v) is 3.70. The van der Waals surface area contributed by atoms with Crippen molar-refractivity contribution < 1.29 is 14.2 Å². The molecule has 0 spiro atoms. The Morgan fingerprint density at radius 3 is 2.32 bits per heavy atom. The van der Waals surface area contributed by atoms with Crippen molar-refractivity contribution in [1.29, 1.82) is 0 Å². The molecule has 1 aliphatic heterocycles. The van der Waals surface area contributed by atoms with E-state index in [1.165, 1.54) is 5.56 Å². The van der Waals surface area contributed by atoms with Crippen LogP contribution in [0, 0.1) is 0 Å². The van der Waals surface area contributed by atoms with Gasteiger partial charge in [0.1, 0.15) is 17.2 Å². The number of aliphatic imine (C=N–C) groups is 1. The lowest BCUT2D eigenvalue weighted by Gasteiger charge is -2.23. The number of nitrogens with one attached hydrogen (secondary N) is 1. The van der Waals surface area contributed by atoms with Gasteiger partial charge >= 0.3 is 0 Å². The molecule has 0 radical (unpaired) electrons. The molecule has 1 fully saturated rings. The van der Waals surface area contributed by atoms with Crippen LogP contribution in [0.1, 0.15) is 23.5 Å². The van der Waals surface area contributed by atoms with E-state index in [1.807, 2.05) is 19.2 Å². The maximum absolute atomic E-state index is 5.54. The number of nitrogens with zero attached hydrogens (tertiary/aromatic N) is 2. The fraction of sp³-hybridized carbons (Fsp3) is 0.409. The van der Waals surface area contributed by atoms with E-state index >= 15 is 0 Å². The van der Waals surface area contributed by atoms with Gasteiger partial charge in [0.2, 0.25) is 0 Å². The van der Waals surface area contributed by atoms with Crippen molar-refractivity contribution in [3.05, 3.63) is 53.6 Å². The van der Waals surface area contributed by atoms with Gasteiger partial charge in [-0.2, -0.15) is 0 Å². The molecule has 150 valence electrons. The van der Waals surface area contributed by atoms with E-state index in [0.717, 1.165) is 42.5 Å². The van der Waals surface area contributed by atoms with Gasteiger partial charge in [-0.15, -0.1) is 0 Å². The highest BCUT2D eigenvalue weighted by Crippen LogP contribution is 2.34. The number of guanidine groups is 1. The van der Waals surface area contributed by atoms with Crippen molar-refractivity contribution in [3.8, 4) is 17.2 Å². The van der Waals surface area contributed by atoms with Crippen molar-refractivity contribution in [2.75, 3.05) is 41.5 Å². The van der Waals surface area contributed by atoms with E-state index in [9.17, 15) is 0 Å². The molecule has 1 saturated heterocycles. The van der Waals surface area contributed by atoms with Gasteiger partial charge in [0.05, 0.1) is 33.4 Å². The van der Waals surface area contributed by atoms with Gasteiger partial charge in [0, 0.05) is 38.2 Å². The van der Waals surface area contributed by atoms with Gasteiger partial charge in [-0.3, -0.25) is 4.99 Å². The summed E-state index contributed by atoms with van der Waals surface area (Å²) in [4.78, 5) is 6.79. The molecule has 0 amide bonds. The zero-order valence-electron chi connectivity index (χ0n) is 17.1. The Labute approximate surface area is 167 Å². The average molecular weight is 383 g/mol. The van der Waals surface area contributed by atoms with Crippen LogP contribution < -0.4 is 19.5 Å². The molecular formula is C22H29N3O3. The first-order valence-corrected chi connectivity index (χ1v) is 9.49. The van der Waals surface area contributed by atoms with E-state index in [-0.39, 0.29) is 0 Å². The van der Waals surface area contributed by atoms with Gasteiger partial charge in [-0.05, 0) is 12.0 Å². The van der Waals surface area contributed by atoms with Crippen molar-refractivity contribution in [3.63, 3.8) is 0 Å². The second-order valence-corrected chi connectivity index (χ2v) is 6.75. The molecule has 1 N–H and O–H groups in total. The van der Waals surface area contributed by atoms with Crippen LogP contribution in [0.15, 0.2) is 47.5 Å². The number of ether oxygens (including phenoxy) is 3. The molecule has 0 aliphatic carbocycles. The van der Waals surface area contributed by atoms with Crippen molar-refractivity contribution in [2.45, 2.75) is 18.9 Å². The minimum absolute atomic E-state index is 0.532. The molecule has 0 bridgehead atoms. The lowest BCUT2D eigenvalue weighted by molar-refractivity contribution is 0.367. The number of methoxy groups -OCH3 is 3. The molecule has 1 atom stereocenters. The lowest BCUT2D eigenvalue weighted by Crippen LogP contribution is -2.39. The molecule has 1 heterocycles. The standard InChI is InChI=1S/C22H29N3O3/c1-23-22(25-11-10-17(15-25)16-8-6-5-7-9-16)24-14-19-20(27-3)12-18(26-2)13-21(19)28-4/h5-9,12-13,17H,10-11,14-15H2,1-4H3,(H,23,24). The van der Waals surface area contributed by atoms with E-state index in [0.29, 0.717) is 18.2 Å². The Hall–Kier alpha value is -2.89. The average Bonchev–Trinajstić information content (AvgIpc) is 3.24. The van der Waals surface area contributed by atoms with Gasteiger partial charge in [0.15, 0.2) is 5.96 Å². The van der Waals surface area contributed by atoms with Crippen molar-refractivity contribution in [1.82, 2.24) is 10.2 Å². The van der Waals surface area contributed by atoms with Gasteiger partial charge in [0.25, 0.3) is 0 Å². The summed E-state index contributed by atoms with van der Waals surface area (Å²) in [6, 6.07) is 14.4. The van der Waals surface area contributed by atoms with Crippen LogP contribution in [-0.2, 0) is 6.54 Å². The van der Waals surface area contributed by atoms with Crippen LogP contribution in [0.3, 0.4) is 0 Å². The highest BCUT2D eigenvalue weighted by Gasteiger charge is 2.26. The van der Waals surface area contributed by atoms with Crippen molar-refractivity contribution in [2.24, 2.45) is 4.99 Å². The first kappa shape index (κ1) is 19.9. The highest BCUT2D eigenvalue weighted by molar-refractivity contribution is 5.80. The topological polar surface area (TPSA) is 55.3 Å². The number of likely N-dealkylation sites (tertiary alicyclic amines) is 1. The Morgan fingerprint density at radius 2 is 1.75 bits per heavy atom. The van der Waals surface area contributed by atoms with Crippen LogP contribution in [0.5, 0.6) is 17.2 Å². The van der Waals surface area contributed by atoms with Crippen LogP contribution in [-0.4, -0.2) is 52.3 Å². The molecule has 2 aromatic carbocycles. The molecule has 1 aliphatic rings. The second kappa shape index (κ2) is 9.35. The minimum atomic E-state index is 0.532. The Bertz CT molecular complexity index is 783. The molecule has 1 unspecified atom stereocenters. The molecule has 6 nitrogen and oxygen atoms in total. The monoisotopic (exact) mass is 383 g/mol.